The first-order valence-electron chi connectivity index (χ1n) is 5.59. The van der Waals surface area contributed by atoms with E-state index in [9.17, 15) is 0 Å². The predicted molar refractivity (Wildman–Crippen MR) is 75.1 cm³/mol. The maximum absolute atomic E-state index is 8.77. The van der Waals surface area contributed by atoms with E-state index in [1.165, 1.54) is 0 Å². The number of halogens is 1. The second-order valence-corrected chi connectivity index (χ2v) is 4.43. The fourth-order valence-corrected chi connectivity index (χ4v) is 2.04. The molecule has 0 bridgehead atoms. The standard InChI is InChI=1S/C15H10ClN3/c1-19-14(7-11(9-17)10-18)5-6-15(19)12-3-2-4-13(16)8-12/h2-8H,1H3. The van der Waals surface area contributed by atoms with Crippen LogP contribution in [0.1, 0.15) is 5.69 Å². The van der Waals surface area contributed by atoms with Gasteiger partial charge in [0, 0.05) is 23.5 Å². The highest BCUT2D eigenvalue weighted by Crippen LogP contribution is 2.25. The van der Waals surface area contributed by atoms with Crippen LogP contribution in [0.15, 0.2) is 42.0 Å². The molecule has 2 rings (SSSR count). The van der Waals surface area contributed by atoms with Crippen molar-refractivity contribution in [3.63, 3.8) is 0 Å². The van der Waals surface area contributed by atoms with Crippen LogP contribution in [0.25, 0.3) is 17.3 Å². The summed E-state index contributed by atoms with van der Waals surface area (Å²) in [5.74, 6) is 0. The smallest absolute Gasteiger partial charge is 0.131 e. The van der Waals surface area contributed by atoms with Gasteiger partial charge in [-0.15, -0.1) is 0 Å². The highest BCUT2D eigenvalue weighted by molar-refractivity contribution is 6.30. The van der Waals surface area contributed by atoms with Gasteiger partial charge in [0.2, 0.25) is 0 Å². The molecule has 0 amide bonds. The maximum Gasteiger partial charge on any atom is 0.131 e. The minimum atomic E-state index is 0.0823. The van der Waals surface area contributed by atoms with Gasteiger partial charge in [-0.3, -0.25) is 0 Å². The van der Waals surface area contributed by atoms with E-state index in [2.05, 4.69) is 0 Å². The summed E-state index contributed by atoms with van der Waals surface area (Å²) < 4.78 is 1.92. The van der Waals surface area contributed by atoms with Crippen LogP contribution in [0.3, 0.4) is 0 Å². The van der Waals surface area contributed by atoms with E-state index in [0.717, 1.165) is 17.0 Å². The summed E-state index contributed by atoms with van der Waals surface area (Å²) in [6.45, 7) is 0. The first-order valence-corrected chi connectivity index (χ1v) is 5.97. The molecule has 0 saturated heterocycles. The summed E-state index contributed by atoms with van der Waals surface area (Å²) in [7, 11) is 1.88. The lowest BCUT2D eigenvalue weighted by Gasteiger charge is -2.06. The van der Waals surface area contributed by atoms with Crippen molar-refractivity contribution in [2.75, 3.05) is 0 Å². The summed E-state index contributed by atoms with van der Waals surface area (Å²) in [6.07, 6.45) is 1.56. The quantitative estimate of drug-likeness (QED) is 0.778. The lowest BCUT2D eigenvalue weighted by molar-refractivity contribution is 0.923. The molecule has 4 heteroatoms. The van der Waals surface area contributed by atoms with E-state index in [0.29, 0.717) is 5.02 Å². The van der Waals surface area contributed by atoms with Crippen molar-refractivity contribution >= 4 is 17.7 Å². The van der Waals surface area contributed by atoms with Crippen LogP contribution in [0.4, 0.5) is 0 Å². The van der Waals surface area contributed by atoms with Gasteiger partial charge < -0.3 is 4.57 Å². The SMILES string of the molecule is Cn1c(C=C(C#N)C#N)ccc1-c1cccc(Cl)c1. The highest BCUT2D eigenvalue weighted by atomic mass is 35.5. The number of nitriles is 2. The summed E-state index contributed by atoms with van der Waals surface area (Å²) >= 11 is 5.98. The number of allylic oxidation sites excluding steroid dienone is 1. The molecule has 1 aromatic heterocycles. The zero-order chi connectivity index (χ0) is 13.8. The third-order valence-electron chi connectivity index (χ3n) is 2.81. The molecule has 0 N–H and O–H groups in total. The fourth-order valence-electron chi connectivity index (χ4n) is 1.85. The fraction of sp³-hybridized carbons (Fsp3) is 0.0667. The first kappa shape index (κ1) is 13.0. The Morgan fingerprint density at radius 3 is 2.58 bits per heavy atom. The molecule has 1 aromatic carbocycles. The van der Waals surface area contributed by atoms with Gasteiger partial charge in [0.05, 0.1) is 0 Å². The molecule has 0 radical (unpaired) electrons. The molecule has 0 atom stereocenters. The average Bonchev–Trinajstić information content (AvgIpc) is 2.77. The Bertz CT molecular complexity index is 711. The normalized spacial score (nSPS) is 9.47. The molecule has 0 saturated carbocycles. The molecule has 0 unspecified atom stereocenters. The van der Waals surface area contributed by atoms with Gasteiger partial charge in [0.25, 0.3) is 0 Å². The third kappa shape index (κ3) is 2.68. The van der Waals surface area contributed by atoms with Crippen molar-refractivity contribution in [2.24, 2.45) is 7.05 Å². The van der Waals surface area contributed by atoms with E-state index in [-0.39, 0.29) is 5.57 Å². The second-order valence-electron chi connectivity index (χ2n) is 3.99. The van der Waals surface area contributed by atoms with E-state index >= 15 is 0 Å². The largest absolute Gasteiger partial charge is 0.344 e. The van der Waals surface area contributed by atoms with Crippen molar-refractivity contribution in [3.8, 4) is 23.4 Å². The zero-order valence-electron chi connectivity index (χ0n) is 10.3. The van der Waals surface area contributed by atoms with Gasteiger partial charge in [-0.05, 0) is 35.9 Å². The topological polar surface area (TPSA) is 52.5 Å². The Balaban J connectivity index is 2.48. The minimum Gasteiger partial charge on any atom is -0.344 e. The Kier molecular flexibility index (Phi) is 3.71. The molecule has 0 aliphatic rings. The number of nitrogens with zero attached hydrogens (tertiary/aromatic N) is 3. The number of aromatic nitrogens is 1. The summed E-state index contributed by atoms with van der Waals surface area (Å²) in [5.41, 5.74) is 2.85. The lowest BCUT2D eigenvalue weighted by Crippen LogP contribution is -1.94. The number of hydrogen-bond acceptors (Lipinski definition) is 2. The number of benzene rings is 1. The average molecular weight is 268 g/mol. The summed E-state index contributed by atoms with van der Waals surface area (Å²) in [6, 6.07) is 15.0. The number of rotatable bonds is 2. The van der Waals surface area contributed by atoms with Crippen LogP contribution in [0.2, 0.25) is 5.02 Å². The van der Waals surface area contributed by atoms with Gasteiger partial charge in [-0.25, -0.2) is 0 Å². The highest BCUT2D eigenvalue weighted by Gasteiger charge is 2.06. The van der Waals surface area contributed by atoms with Crippen LogP contribution in [-0.4, -0.2) is 4.57 Å². The maximum atomic E-state index is 8.77. The van der Waals surface area contributed by atoms with E-state index in [4.69, 9.17) is 22.1 Å². The molecule has 0 fully saturated rings. The van der Waals surface area contributed by atoms with E-state index < -0.39 is 0 Å². The molecular weight excluding hydrogens is 258 g/mol. The number of hydrogen-bond donors (Lipinski definition) is 0. The lowest BCUT2D eigenvalue weighted by atomic mass is 10.1. The molecular formula is C15H10ClN3. The summed E-state index contributed by atoms with van der Waals surface area (Å²) in [5, 5.41) is 18.2. The van der Waals surface area contributed by atoms with Crippen molar-refractivity contribution < 1.29 is 0 Å². The van der Waals surface area contributed by atoms with Crippen molar-refractivity contribution in [3.05, 3.63) is 52.7 Å². The molecule has 3 nitrogen and oxygen atoms in total. The second kappa shape index (κ2) is 5.44. The zero-order valence-corrected chi connectivity index (χ0v) is 11.0. The molecule has 92 valence electrons. The summed E-state index contributed by atoms with van der Waals surface area (Å²) in [4.78, 5) is 0. The Morgan fingerprint density at radius 1 is 1.21 bits per heavy atom. The van der Waals surface area contributed by atoms with Gasteiger partial charge in [0.1, 0.15) is 17.7 Å². The van der Waals surface area contributed by atoms with Crippen molar-refractivity contribution in [1.82, 2.24) is 4.57 Å². The molecule has 0 aliphatic carbocycles. The minimum absolute atomic E-state index is 0.0823. The van der Waals surface area contributed by atoms with E-state index in [1.807, 2.05) is 60.2 Å². The van der Waals surface area contributed by atoms with Gasteiger partial charge in [0.15, 0.2) is 0 Å². The van der Waals surface area contributed by atoms with Crippen molar-refractivity contribution in [1.29, 1.82) is 10.5 Å². The first-order chi connectivity index (χ1) is 9.15. The molecule has 2 aromatic rings. The Hall–Kier alpha value is -2.49. The van der Waals surface area contributed by atoms with E-state index in [1.54, 1.807) is 6.08 Å². The van der Waals surface area contributed by atoms with Crippen molar-refractivity contribution in [2.45, 2.75) is 0 Å². The molecule has 1 heterocycles. The third-order valence-corrected chi connectivity index (χ3v) is 3.05. The van der Waals surface area contributed by atoms with Crippen LogP contribution in [-0.2, 0) is 7.05 Å². The van der Waals surface area contributed by atoms with Gasteiger partial charge in [-0.2, -0.15) is 10.5 Å². The van der Waals surface area contributed by atoms with Crippen LogP contribution in [0, 0.1) is 22.7 Å². The monoisotopic (exact) mass is 267 g/mol. The molecule has 19 heavy (non-hydrogen) atoms. The van der Waals surface area contributed by atoms with Gasteiger partial charge >= 0.3 is 0 Å². The predicted octanol–water partition coefficient (Wildman–Crippen LogP) is 3.78. The van der Waals surface area contributed by atoms with Crippen LogP contribution in [0.5, 0.6) is 0 Å². The Morgan fingerprint density at radius 2 is 1.95 bits per heavy atom. The Labute approximate surface area is 116 Å². The van der Waals surface area contributed by atoms with Crippen LogP contribution < -0.4 is 0 Å². The van der Waals surface area contributed by atoms with Crippen LogP contribution >= 0.6 is 11.6 Å². The molecule has 0 aliphatic heterocycles. The van der Waals surface area contributed by atoms with Gasteiger partial charge in [-0.1, -0.05) is 23.7 Å². The molecule has 0 spiro atoms.